The number of phenols is 2. The third-order valence-corrected chi connectivity index (χ3v) is 3.14. The standard InChI is InChI=1S/C17H14N6O2/c18-15-21-16(19-9-11-5-1-3-7-13(11)24)23-17(22-15)20-10-12-6-2-4-8-14(12)25/h1-10,24-25H,(H2,18,21,22,23)/b19-9+,20-10+. The van der Waals surface area contributed by atoms with E-state index in [1.807, 2.05) is 0 Å². The van der Waals surface area contributed by atoms with Crippen molar-refractivity contribution < 1.29 is 10.2 Å². The summed E-state index contributed by atoms with van der Waals surface area (Å²) < 4.78 is 0. The van der Waals surface area contributed by atoms with Crippen LogP contribution in [0.15, 0.2) is 58.5 Å². The summed E-state index contributed by atoms with van der Waals surface area (Å²) in [6.45, 7) is 0. The number of hydrogen-bond acceptors (Lipinski definition) is 8. The molecular weight excluding hydrogens is 320 g/mol. The lowest BCUT2D eigenvalue weighted by Gasteiger charge is -1.99. The predicted molar refractivity (Wildman–Crippen MR) is 95.0 cm³/mol. The molecule has 1 aromatic heterocycles. The monoisotopic (exact) mass is 334 g/mol. The minimum absolute atomic E-state index is 0.0381. The third-order valence-electron chi connectivity index (χ3n) is 3.14. The van der Waals surface area contributed by atoms with Crippen LogP contribution < -0.4 is 5.73 Å². The Hall–Kier alpha value is -3.81. The molecule has 0 radical (unpaired) electrons. The molecule has 0 bridgehead atoms. The molecule has 2 aromatic carbocycles. The van der Waals surface area contributed by atoms with Crippen LogP contribution in [0.3, 0.4) is 0 Å². The third kappa shape index (κ3) is 4.14. The average molecular weight is 334 g/mol. The van der Waals surface area contributed by atoms with Crippen molar-refractivity contribution in [1.29, 1.82) is 0 Å². The van der Waals surface area contributed by atoms with E-state index in [1.54, 1.807) is 48.5 Å². The fourth-order valence-electron chi connectivity index (χ4n) is 1.93. The fourth-order valence-corrected chi connectivity index (χ4v) is 1.93. The molecule has 25 heavy (non-hydrogen) atoms. The maximum atomic E-state index is 9.72. The fraction of sp³-hybridized carbons (Fsp3) is 0. The van der Waals surface area contributed by atoms with E-state index < -0.39 is 0 Å². The zero-order valence-electron chi connectivity index (χ0n) is 13.0. The molecule has 8 nitrogen and oxygen atoms in total. The van der Waals surface area contributed by atoms with Crippen LogP contribution in [0.2, 0.25) is 0 Å². The summed E-state index contributed by atoms with van der Waals surface area (Å²) in [7, 11) is 0. The van der Waals surface area contributed by atoms with Crippen LogP contribution >= 0.6 is 0 Å². The number of aliphatic imine (C=N–C) groups is 2. The first-order valence-electron chi connectivity index (χ1n) is 7.27. The minimum atomic E-state index is -0.0381. The quantitative estimate of drug-likeness (QED) is 0.628. The highest BCUT2D eigenvalue weighted by Crippen LogP contribution is 2.17. The zero-order valence-corrected chi connectivity index (χ0v) is 13.0. The normalized spacial score (nSPS) is 11.4. The van der Waals surface area contributed by atoms with Gasteiger partial charge in [0, 0.05) is 23.6 Å². The molecule has 0 aliphatic heterocycles. The van der Waals surface area contributed by atoms with Crippen LogP contribution in [-0.2, 0) is 0 Å². The van der Waals surface area contributed by atoms with Gasteiger partial charge < -0.3 is 15.9 Å². The Kier molecular flexibility index (Phi) is 4.61. The number of hydrogen-bond donors (Lipinski definition) is 3. The van der Waals surface area contributed by atoms with Gasteiger partial charge in [0.25, 0.3) is 11.9 Å². The van der Waals surface area contributed by atoms with E-state index in [1.165, 1.54) is 12.4 Å². The number of rotatable bonds is 4. The summed E-state index contributed by atoms with van der Waals surface area (Å²) >= 11 is 0. The first-order chi connectivity index (χ1) is 12.1. The number of nitrogens with two attached hydrogens (primary N) is 1. The number of phenolic OH excluding ortho intramolecular Hbond substituents is 2. The Balaban J connectivity index is 1.86. The Morgan fingerprint density at radius 2 is 1.16 bits per heavy atom. The van der Waals surface area contributed by atoms with Crippen LogP contribution in [0.5, 0.6) is 11.5 Å². The Morgan fingerprint density at radius 3 is 1.60 bits per heavy atom. The van der Waals surface area contributed by atoms with Gasteiger partial charge >= 0.3 is 0 Å². The van der Waals surface area contributed by atoms with E-state index in [9.17, 15) is 10.2 Å². The SMILES string of the molecule is Nc1nc(/N=C/c2ccccc2O)nc(/N=C/c2ccccc2O)n1. The van der Waals surface area contributed by atoms with Gasteiger partial charge in [-0.25, -0.2) is 9.98 Å². The van der Waals surface area contributed by atoms with Crippen LogP contribution in [0.25, 0.3) is 0 Å². The molecule has 4 N–H and O–H groups in total. The minimum Gasteiger partial charge on any atom is -0.507 e. The molecule has 124 valence electrons. The first-order valence-corrected chi connectivity index (χ1v) is 7.27. The van der Waals surface area contributed by atoms with Crippen molar-refractivity contribution in [2.24, 2.45) is 9.98 Å². The molecule has 0 atom stereocenters. The highest BCUT2D eigenvalue weighted by molar-refractivity contribution is 5.85. The maximum Gasteiger partial charge on any atom is 0.256 e. The molecule has 1 heterocycles. The molecular formula is C17H14N6O2. The molecule has 0 aliphatic rings. The van der Waals surface area contributed by atoms with Crippen LogP contribution in [0.4, 0.5) is 17.8 Å². The van der Waals surface area contributed by atoms with Crippen molar-refractivity contribution in [2.75, 3.05) is 5.73 Å². The molecule has 0 fully saturated rings. The van der Waals surface area contributed by atoms with Crippen molar-refractivity contribution in [3.05, 3.63) is 59.7 Å². The van der Waals surface area contributed by atoms with Crippen molar-refractivity contribution in [1.82, 2.24) is 15.0 Å². The second-order valence-corrected chi connectivity index (χ2v) is 4.93. The number of aromatic nitrogens is 3. The van der Waals surface area contributed by atoms with Gasteiger partial charge in [0.05, 0.1) is 0 Å². The van der Waals surface area contributed by atoms with Gasteiger partial charge in [-0.2, -0.15) is 15.0 Å². The van der Waals surface area contributed by atoms with E-state index in [0.717, 1.165) is 0 Å². The van der Waals surface area contributed by atoms with E-state index in [2.05, 4.69) is 24.9 Å². The molecule has 0 aliphatic carbocycles. The number of nitrogens with zero attached hydrogens (tertiary/aromatic N) is 5. The van der Waals surface area contributed by atoms with Crippen LogP contribution in [-0.4, -0.2) is 37.6 Å². The smallest absolute Gasteiger partial charge is 0.256 e. The summed E-state index contributed by atoms with van der Waals surface area (Å²) in [6.07, 6.45) is 2.83. The van der Waals surface area contributed by atoms with Crippen molar-refractivity contribution in [3.8, 4) is 11.5 Å². The van der Waals surface area contributed by atoms with E-state index in [4.69, 9.17) is 5.73 Å². The first kappa shape index (κ1) is 16.1. The second-order valence-electron chi connectivity index (χ2n) is 4.93. The van der Waals surface area contributed by atoms with Crippen LogP contribution in [0, 0.1) is 0 Å². The lowest BCUT2D eigenvalue weighted by molar-refractivity contribution is 0.474. The Labute approximate surface area is 143 Å². The second kappa shape index (κ2) is 7.18. The van der Waals surface area contributed by atoms with Gasteiger partial charge in [0.2, 0.25) is 5.95 Å². The Morgan fingerprint density at radius 1 is 0.720 bits per heavy atom. The lowest BCUT2D eigenvalue weighted by atomic mass is 10.2. The van der Waals surface area contributed by atoms with Crippen molar-refractivity contribution in [2.45, 2.75) is 0 Å². The molecule has 0 saturated heterocycles. The Bertz CT molecular complexity index is 882. The van der Waals surface area contributed by atoms with Crippen LogP contribution in [0.1, 0.15) is 11.1 Å². The molecule has 0 unspecified atom stereocenters. The van der Waals surface area contributed by atoms with E-state index >= 15 is 0 Å². The highest BCUT2D eigenvalue weighted by atomic mass is 16.3. The number of para-hydroxylation sites is 2. The zero-order chi connectivity index (χ0) is 17.6. The van der Waals surface area contributed by atoms with Gasteiger partial charge in [-0.15, -0.1) is 0 Å². The summed E-state index contributed by atoms with van der Waals surface area (Å²) in [5, 5.41) is 19.4. The van der Waals surface area contributed by atoms with E-state index in [0.29, 0.717) is 11.1 Å². The molecule has 0 spiro atoms. The topological polar surface area (TPSA) is 130 Å². The summed E-state index contributed by atoms with van der Waals surface area (Å²) in [5.74, 6) is 0.251. The number of anilines is 1. The van der Waals surface area contributed by atoms with Gasteiger partial charge in [-0.3, -0.25) is 0 Å². The van der Waals surface area contributed by atoms with Gasteiger partial charge in [0.15, 0.2) is 0 Å². The molecule has 3 aromatic rings. The number of aromatic hydroxyl groups is 2. The number of nitrogen functional groups attached to an aromatic ring is 1. The van der Waals surface area contributed by atoms with E-state index in [-0.39, 0.29) is 29.3 Å². The van der Waals surface area contributed by atoms with Crippen molar-refractivity contribution >= 4 is 30.3 Å². The predicted octanol–water partition coefficient (Wildman–Crippen LogP) is 2.37. The summed E-state index contributed by atoms with van der Waals surface area (Å²) in [6, 6.07) is 13.4. The molecule has 8 heteroatoms. The van der Waals surface area contributed by atoms with Gasteiger partial charge in [-0.05, 0) is 24.3 Å². The number of benzene rings is 2. The highest BCUT2D eigenvalue weighted by Gasteiger charge is 2.03. The summed E-state index contributed by atoms with van der Waals surface area (Å²) in [4.78, 5) is 20.0. The van der Waals surface area contributed by atoms with Crippen molar-refractivity contribution in [3.63, 3.8) is 0 Å². The maximum absolute atomic E-state index is 9.72. The average Bonchev–Trinajstić information content (AvgIpc) is 2.60. The largest absolute Gasteiger partial charge is 0.507 e. The molecule has 0 saturated carbocycles. The molecule has 3 rings (SSSR count). The van der Waals surface area contributed by atoms with Gasteiger partial charge in [0.1, 0.15) is 11.5 Å². The van der Waals surface area contributed by atoms with Gasteiger partial charge in [-0.1, -0.05) is 24.3 Å². The lowest BCUT2D eigenvalue weighted by Crippen LogP contribution is -1.97. The molecule has 0 amide bonds. The summed E-state index contributed by atoms with van der Waals surface area (Å²) in [5.41, 5.74) is 6.68.